The first kappa shape index (κ1) is 16.7. The number of pyridine rings is 1. The Morgan fingerprint density at radius 2 is 1.73 bits per heavy atom. The highest BCUT2D eigenvalue weighted by atomic mass is 35.5. The summed E-state index contributed by atoms with van der Waals surface area (Å²) in [6.45, 7) is 5.72. The summed E-state index contributed by atoms with van der Waals surface area (Å²) in [7, 11) is 0. The normalized spacial score (nSPS) is 15.2. The van der Waals surface area contributed by atoms with Gasteiger partial charge >= 0.3 is 0 Å². The average molecular weight is 365 g/mol. The Balaban J connectivity index is 1.89. The minimum absolute atomic E-state index is 0.00655. The minimum atomic E-state index is -0.618. The van der Waals surface area contributed by atoms with Gasteiger partial charge in [0.2, 0.25) is 5.91 Å². The van der Waals surface area contributed by atoms with E-state index < -0.39 is 5.41 Å². The molecule has 0 radical (unpaired) electrons. The zero-order chi connectivity index (χ0) is 18.5. The van der Waals surface area contributed by atoms with Gasteiger partial charge in [-0.05, 0) is 50.1 Å². The van der Waals surface area contributed by atoms with Crippen LogP contribution in [0.1, 0.15) is 25.2 Å². The molecule has 2 aromatic heterocycles. The average Bonchev–Trinajstić information content (AvgIpc) is 2.81. The zero-order valence-corrected chi connectivity index (χ0v) is 15.4. The second kappa shape index (κ2) is 5.88. The molecule has 130 valence electrons. The summed E-state index contributed by atoms with van der Waals surface area (Å²) < 4.78 is 0. The van der Waals surface area contributed by atoms with E-state index in [1.54, 1.807) is 35.6 Å². The molecule has 1 aliphatic rings. The van der Waals surface area contributed by atoms with E-state index in [0.29, 0.717) is 10.8 Å². The third-order valence-corrected chi connectivity index (χ3v) is 4.94. The van der Waals surface area contributed by atoms with Crippen molar-refractivity contribution in [1.82, 2.24) is 15.0 Å². The molecule has 5 nitrogen and oxygen atoms in total. The highest BCUT2D eigenvalue weighted by Crippen LogP contribution is 2.46. The lowest BCUT2D eigenvalue weighted by atomic mass is 9.85. The molecule has 0 aliphatic carbocycles. The molecule has 0 fully saturated rings. The number of nitrogens with zero attached hydrogens (tertiary/aromatic N) is 4. The molecule has 6 heteroatoms. The van der Waals surface area contributed by atoms with Crippen LogP contribution in [0.3, 0.4) is 0 Å². The third kappa shape index (κ3) is 2.56. The van der Waals surface area contributed by atoms with Crippen molar-refractivity contribution in [1.29, 1.82) is 0 Å². The largest absolute Gasteiger partial charge is 0.280 e. The summed E-state index contributed by atoms with van der Waals surface area (Å²) in [6.07, 6.45) is 5.19. The minimum Gasteiger partial charge on any atom is -0.280 e. The number of fused-ring (bicyclic) bond motifs is 1. The third-order valence-electron chi connectivity index (χ3n) is 4.73. The fraction of sp³-hybridized carbons (Fsp3) is 0.200. The van der Waals surface area contributed by atoms with Crippen LogP contribution in [-0.4, -0.2) is 20.9 Å². The summed E-state index contributed by atoms with van der Waals surface area (Å²) in [5, 5.41) is 0.352. The van der Waals surface area contributed by atoms with E-state index in [9.17, 15) is 4.79 Å². The van der Waals surface area contributed by atoms with Crippen molar-refractivity contribution >= 4 is 28.9 Å². The molecular formula is C20H17ClN4O. The van der Waals surface area contributed by atoms with Crippen molar-refractivity contribution in [2.75, 3.05) is 4.90 Å². The maximum absolute atomic E-state index is 13.1. The molecule has 3 heterocycles. The molecule has 1 aliphatic heterocycles. The van der Waals surface area contributed by atoms with Crippen LogP contribution in [0.5, 0.6) is 0 Å². The van der Waals surface area contributed by atoms with Crippen LogP contribution in [0, 0.1) is 6.92 Å². The van der Waals surface area contributed by atoms with Crippen LogP contribution in [0.15, 0.2) is 48.9 Å². The second-order valence-corrected chi connectivity index (χ2v) is 7.24. The first-order valence-corrected chi connectivity index (χ1v) is 8.65. The Kier molecular flexibility index (Phi) is 3.77. The topological polar surface area (TPSA) is 59.0 Å². The van der Waals surface area contributed by atoms with Crippen LogP contribution >= 0.6 is 11.6 Å². The highest BCUT2D eigenvalue weighted by molar-refractivity contribution is 6.29. The van der Waals surface area contributed by atoms with E-state index in [1.165, 1.54) is 0 Å². The first-order chi connectivity index (χ1) is 12.4. The van der Waals surface area contributed by atoms with Gasteiger partial charge in [0.15, 0.2) is 0 Å². The summed E-state index contributed by atoms with van der Waals surface area (Å²) in [6, 6.07) is 9.50. The van der Waals surface area contributed by atoms with Gasteiger partial charge in [0.25, 0.3) is 0 Å². The van der Waals surface area contributed by atoms with E-state index in [1.807, 2.05) is 39.0 Å². The lowest BCUT2D eigenvalue weighted by Gasteiger charge is -2.20. The van der Waals surface area contributed by atoms with Crippen molar-refractivity contribution in [2.24, 2.45) is 0 Å². The Morgan fingerprint density at radius 3 is 2.42 bits per heavy atom. The van der Waals surface area contributed by atoms with Crippen molar-refractivity contribution in [2.45, 2.75) is 26.2 Å². The van der Waals surface area contributed by atoms with Crippen LogP contribution < -0.4 is 4.90 Å². The number of hydrogen-bond acceptors (Lipinski definition) is 4. The molecule has 0 unspecified atom stereocenters. The van der Waals surface area contributed by atoms with Gasteiger partial charge in [-0.3, -0.25) is 9.69 Å². The first-order valence-electron chi connectivity index (χ1n) is 8.27. The van der Waals surface area contributed by atoms with Gasteiger partial charge in [-0.1, -0.05) is 23.7 Å². The highest BCUT2D eigenvalue weighted by Gasteiger charge is 2.44. The summed E-state index contributed by atoms with van der Waals surface area (Å²) in [5.74, 6) is 0.728. The number of amides is 1. The SMILES string of the molecule is Cc1ncc(-c2ccc3c(c2)N(c2ccnc(Cl)c2)C(=O)C3(C)C)cn1. The fourth-order valence-electron chi connectivity index (χ4n) is 3.26. The molecule has 0 saturated heterocycles. The van der Waals surface area contributed by atoms with Gasteiger partial charge < -0.3 is 0 Å². The van der Waals surface area contributed by atoms with Gasteiger partial charge in [0.05, 0.1) is 16.8 Å². The van der Waals surface area contributed by atoms with Crippen LogP contribution in [-0.2, 0) is 10.2 Å². The van der Waals surface area contributed by atoms with Crippen LogP contribution in [0.2, 0.25) is 5.15 Å². The summed E-state index contributed by atoms with van der Waals surface area (Å²) in [5.41, 5.74) is 3.78. The molecular weight excluding hydrogens is 348 g/mol. The van der Waals surface area contributed by atoms with Gasteiger partial charge in [-0.25, -0.2) is 15.0 Å². The Labute approximate surface area is 156 Å². The van der Waals surface area contributed by atoms with Crippen molar-refractivity contribution in [3.05, 3.63) is 65.5 Å². The van der Waals surface area contributed by atoms with E-state index in [4.69, 9.17) is 11.6 Å². The predicted molar refractivity (Wildman–Crippen MR) is 102 cm³/mol. The van der Waals surface area contributed by atoms with E-state index in [-0.39, 0.29) is 5.91 Å². The number of halogens is 1. The molecule has 0 atom stereocenters. The summed E-state index contributed by atoms with van der Waals surface area (Å²) in [4.78, 5) is 27.4. The lowest BCUT2D eigenvalue weighted by molar-refractivity contribution is -0.121. The number of hydrogen-bond donors (Lipinski definition) is 0. The maximum Gasteiger partial charge on any atom is 0.241 e. The van der Waals surface area contributed by atoms with E-state index in [0.717, 1.165) is 28.2 Å². The second-order valence-electron chi connectivity index (χ2n) is 6.85. The molecule has 1 aromatic carbocycles. The summed E-state index contributed by atoms with van der Waals surface area (Å²) >= 11 is 6.05. The quantitative estimate of drug-likeness (QED) is 0.630. The Bertz CT molecular complexity index is 1010. The number of carbonyl (C=O) groups excluding carboxylic acids is 1. The monoisotopic (exact) mass is 364 g/mol. The van der Waals surface area contributed by atoms with Gasteiger partial charge in [0.1, 0.15) is 11.0 Å². The number of rotatable bonds is 2. The van der Waals surface area contributed by atoms with Crippen LogP contribution in [0.25, 0.3) is 11.1 Å². The maximum atomic E-state index is 13.1. The van der Waals surface area contributed by atoms with Gasteiger partial charge in [-0.15, -0.1) is 0 Å². The van der Waals surface area contributed by atoms with Crippen molar-refractivity contribution in [3.8, 4) is 11.1 Å². The van der Waals surface area contributed by atoms with Gasteiger partial charge in [0, 0.05) is 24.2 Å². The smallest absolute Gasteiger partial charge is 0.241 e. The molecule has 4 rings (SSSR count). The molecule has 0 spiro atoms. The molecule has 0 bridgehead atoms. The number of carbonyl (C=O) groups is 1. The predicted octanol–water partition coefficient (Wildman–Crippen LogP) is 4.46. The number of aryl methyl sites for hydroxylation is 1. The van der Waals surface area contributed by atoms with Gasteiger partial charge in [-0.2, -0.15) is 0 Å². The van der Waals surface area contributed by atoms with E-state index in [2.05, 4.69) is 15.0 Å². The number of anilines is 2. The molecule has 3 aromatic rings. The van der Waals surface area contributed by atoms with Crippen molar-refractivity contribution in [3.63, 3.8) is 0 Å². The Hall–Kier alpha value is -2.79. The lowest BCUT2D eigenvalue weighted by Crippen LogP contribution is -2.33. The van der Waals surface area contributed by atoms with Crippen LogP contribution in [0.4, 0.5) is 11.4 Å². The standard InChI is InChI=1S/C20H17ClN4O/c1-12-23-10-14(11-24-12)13-4-5-16-17(8-13)25(19(26)20(16,2)3)15-6-7-22-18(21)9-15/h4-11H,1-3H3. The molecule has 26 heavy (non-hydrogen) atoms. The molecule has 0 saturated carbocycles. The molecule has 1 amide bonds. The molecule has 0 N–H and O–H groups in total. The van der Waals surface area contributed by atoms with Crippen molar-refractivity contribution < 1.29 is 4.79 Å². The number of aromatic nitrogens is 3. The fourth-order valence-corrected chi connectivity index (χ4v) is 3.43. The van der Waals surface area contributed by atoms with E-state index >= 15 is 0 Å². The number of benzene rings is 1. The Morgan fingerprint density at radius 1 is 1.00 bits per heavy atom. The zero-order valence-electron chi connectivity index (χ0n) is 14.7.